The number of rotatable bonds is 8. The molecule has 0 aliphatic carbocycles. The fraction of sp³-hybridized carbons (Fsp3) is 0.0208. The molecule has 0 saturated carbocycles. The maximum absolute atomic E-state index is 11.8. The van der Waals surface area contributed by atoms with Gasteiger partial charge >= 0.3 is 23.9 Å². The minimum absolute atomic E-state index is 0.110. The van der Waals surface area contributed by atoms with E-state index in [1.165, 1.54) is 48.5 Å². The molecule has 5 heterocycles. The molecule has 5 aliphatic heterocycles. The fourth-order valence-electron chi connectivity index (χ4n) is 7.61. The van der Waals surface area contributed by atoms with Crippen molar-refractivity contribution in [3.8, 4) is 0 Å². The van der Waals surface area contributed by atoms with Crippen molar-refractivity contribution in [2.24, 2.45) is 15.0 Å². The lowest BCUT2D eigenvalue weighted by Gasteiger charge is -2.17. The molecule has 5 aliphatic rings. The first-order chi connectivity index (χ1) is 29.0. The van der Waals surface area contributed by atoms with Crippen LogP contribution >= 0.6 is 0 Å². The van der Waals surface area contributed by atoms with E-state index < -0.39 is 23.9 Å². The first-order valence-corrected chi connectivity index (χ1v) is 18.6. The maximum Gasteiger partial charge on any atom is 0.335 e. The fourth-order valence-corrected chi connectivity index (χ4v) is 7.61. The van der Waals surface area contributed by atoms with Gasteiger partial charge in [0.05, 0.1) is 56.5 Å². The molecule has 0 radical (unpaired) electrons. The van der Waals surface area contributed by atoms with Crippen molar-refractivity contribution in [2.75, 3.05) is 0 Å². The zero-order chi connectivity index (χ0) is 41.7. The summed E-state index contributed by atoms with van der Waals surface area (Å²) in [7, 11) is 0. The van der Waals surface area contributed by atoms with Crippen LogP contribution in [0.3, 0.4) is 0 Å². The predicted molar refractivity (Wildman–Crippen MR) is 227 cm³/mol. The van der Waals surface area contributed by atoms with Crippen molar-refractivity contribution in [2.45, 2.75) is 6.42 Å². The van der Waals surface area contributed by atoms with Crippen molar-refractivity contribution < 1.29 is 39.6 Å². The molecule has 0 amide bonds. The molecule has 60 heavy (non-hydrogen) atoms. The van der Waals surface area contributed by atoms with Gasteiger partial charge in [-0.15, -0.1) is 0 Å². The molecule has 8 bridgehead atoms. The Bertz CT molecular complexity index is 2970. The van der Waals surface area contributed by atoms with Crippen LogP contribution in [0.4, 0.5) is 0 Å². The van der Waals surface area contributed by atoms with Crippen LogP contribution in [0.2, 0.25) is 0 Å². The van der Waals surface area contributed by atoms with Crippen molar-refractivity contribution >= 4 is 63.3 Å². The van der Waals surface area contributed by atoms with Gasteiger partial charge in [-0.05, 0) is 107 Å². The Balaban J connectivity index is 1.32. The Hall–Kier alpha value is -8.51. The quantitative estimate of drug-likeness (QED) is 0.116. The van der Waals surface area contributed by atoms with Crippen molar-refractivity contribution in [3.05, 3.63) is 213 Å². The summed E-state index contributed by atoms with van der Waals surface area (Å²) in [4.78, 5) is 62.8. The summed E-state index contributed by atoms with van der Waals surface area (Å²) < 4.78 is 0. The topological polar surface area (TPSA) is 198 Å². The van der Waals surface area contributed by atoms with E-state index in [9.17, 15) is 39.6 Å². The molecule has 12 nitrogen and oxygen atoms in total. The van der Waals surface area contributed by atoms with Crippen LogP contribution in [0.1, 0.15) is 70.1 Å². The minimum Gasteiger partial charge on any atom is -0.478 e. The predicted octanol–water partition coefficient (Wildman–Crippen LogP) is 8.35. The number of benzene rings is 4. The molecule has 9 rings (SSSR count). The first kappa shape index (κ1) is 37.1. The van der Waals surface area contributed by atoms with E-state index in [-0.39, 0.29) is 22.3 Å². The van der Waals surface area contributed by atoms with Gasteiger partial charge in [0.2, 0.25) is 0 Å². The van der Waals surface area contributed by atoms with Gasteiger partial charge < -0.3 is 25.7 Å². The number of carboxylic acid groups (broad SMARTS) is 4. The number of hydrogen-bond donors (Lipinski definition) is 5. The maximum atomic E-state index is 11.8. The zero-order valence-electron chi connectivity index (χ0n) is 31.2. The summed E-state index contributed by atoms with van der Waals surface area (Å²) >= 11 is 0. The molecule has 4 aromatic carbocycles. The summed E-state index contributed by atoms with van der Waals surface area (Å²) in [6.07, 6.45) is 13.6. The third-order valence-corrected chi connectivity index (χ3v) is 10.5. The number of aliphatic imine (C=N–C) groups is 3. The first-order valence-electron chi connectivity index (χ1n) is 18.6. The summed E-state index contributed by atoms with van der Waals surface area (Å²) in [6, 6.07) is 26.0. The monoisotopic (exact) mass is 790 g/mol. The van der Waals surface area contributed by atoms with Gasteiger partial charge in [0.1, 0.15) is 0 Å². The van der Waals surface area contributed by atoms with Crippen LogP contribution in [-0.2, 0) is 0 Å². The highest BCUT2D eigenvalue weighted by Crippen LogP contribution is 2.40. The molecule has 0 saturated heterocycles. The standard InChI is InChI=1S/C48H30N4O8/c53-45(54)29-9-1-25(2-10-29)41-33-17-19-35(49-33)42(26-3-11-30(12-4-26)46(55)56)37-21-23-39(51-37)44(28-7-15-32(16-8-28)48(59)60)40-24-22-38(52-40)43(36-20-18-34(41)50-36)27-5-13-31(14-6-27)47(57)58/h1-23,52H,24H2,(H,53,54)(H,55,56)(H,57,58)(H,59,60). The minimum atomic E-state index is -1.07. The van der Waals surface area contributed by atoms with Gasteiger partial charge in [-0.2, -0.15) is 0 Å². The highest BCUT2D eigenvalue weighted by atomic mass is 16.4. The van der Waals surface area contributed by atoms with Gasteiger partial charge in [-0.3, -0.25) is 0 Å². The Labute approximate surface area is 341 Å². The van der Waals surface area contributed by atoms with Crippen molar-refractivity contribution in [1.82, 2.24) is 5.32 Å². The van der Waals surface area contributed by atoms with Crippen LogP contribution < -0.4 is 5.32 Å². The second-order valence-electron chi connectivity index (χ2n) is 14.1. The Morgan fingerprint density at radius 3 is 1.05 bits per heavy atom. The second-order valence-corrected chi connectivity index (χ2v) is 14.1. The average Bonchev–Trinajstić information content (AvgIpc) is 4.10. The summed E-state index contributed by atoms with van der Waals surface area (Å²) in [5.41, 5.74) is 10.6. The largest absolute Gasteiger partial charge is 0.478 e. The normalized spacial score (nSPS) is 16.5. The lowest BCUT2D eigenvalue weighted by Crippen LogP contribution is -2.14. The van der Waals surface area contributed by atoms with E-state index >= 15 is 0 Å². The van der Waals surface area contributed by atoms with E-state index in [1.807, 2.05) is 42.5 Å². The molecule has 0 fully saturated rings. The average molecular weight is 791 g/mol. The number of aromatic carboxylic acids is 4. The van der Waals surface area contributed by atoms with Gasteiger partial charge in [0.25, 0.3) is 0 Å². The zero-order valence-corrected chi connectivity index (χ0v) is 31.2. The van der Waals surface area contributed by atoms with Gasteiger partial charge in [-0.25, -0.2) is 34.2 Å². The molecular weight excluding hydrogens is 761 g/mol. The van der Waals surface area contributed by atoms with Gasteiger partial charge in [0, 0.05) is 40.1 Å². The number of nitrogens with one attached hydrogen (secondary N) is 1. The van der Waals surface area contributed by atoms with E-state index in [0.29, 0.717) is 90.9 Å². The SMILES string of the molecule is O=C(O)c1ccc(C2=C3C=CC(=N3)C(c3ccc(C(=O)O)cc3)=C3C=CC(=N3)C(c3ccc(C(=O)O)cc3)=C3C=CC(=N3)C(c3ccc(C(=O)O)cc3)=C3CC=C2N3)cc1. The highest BCUT2D eigenvalue weighted by molar-refractivity contribution is 6.37. The highest BCUT2D eigenvalue weighted by Gasteiger charge is 2.29. The lowest BCUT2D eigenvalue weighted by atomic mass is 9.97. The van der Waals surface area contributed by atoms with Crippen LogP contribution in [0.25, 0.3) is 22.3 Å². The molecule has 290 valence electrons. The van der Waals surface area contributed by atoms with Gasteiger partial charge in [-0.1, -0.05) is 54.6 Å². The number of allylic oxidation sites excluding steroid dienone is 11. The van der Waals surface area contributed by atoms with Crippen LogP contribution in [-0.4, -0.2) is 61.4 Å². The third kappa shape index (κ3) is 6.73. The van der Waals surface area contributed by atoms with Crippen LogP contribution in [0.5, 0.6) is 0 Å². The number of carbonyl (C=O) groups is 4. The third-order valence-electron chi connectivity index (χ3n) is 10.5. The smallest absolute Gasteiger partial charge is 0.335 e. The van der Waals surface area contributed by atoms with E-state index in [0.717, 1.165) is 5.70 Å². The van der Waals surface area contributed by atoms with Crippen LogP contribution in [0.15, 0.2) is 183 Å². The Morgan fingerprint density at radius 1 is 0.400 bits per heavy atom. The van der Waals surface area contributed by atoms with E-state index in [1.54, 1.807) is 48.5 Å². The Morgan fingerprint density at radius 2 is 0.700 bits per heavy atom. The Kier molecular flexibility index (Phi) is 9.13. The number of hydrogen-bond acceptors (Lipinski definition) is 8. The number of fused-ring (bicyclic) bond motifs is 5. The molecule has 0 aromatic heterocycles. The lowest BCUT2D eigenvalue weighted by molar-refractivity contribution is 0.0686. The molecule has 0 unspecified atom stereocenters. The molecular formula is C48H30N4O8. The number of nitrogens with zero attached hydrogens (tertiary/aromatic N) is 3. The van der Waals surface area contributed by atoms with Crippen molar-refractivity contribution in [3.63, 3.8) is 0 Å². The van der Waals surface area contributed by atoms with Crippen molar-refractivity contribution in [1.29, 1.82) is 0 Å². The molecule has 0 spiro atoms. The summed E-state index contributed by atoms with van der Waals surface area (Å²) in [6.45, 7) is 0. The van der Waals surface area contributed by atoms with Gasteiger partial charge in [0.15, 0.2) is 0 Å². The molecule has 12 heteroatoms. The molecule has 4 aromatic rings. The second kappa shape index (κ2) is 14.8. The summed E-state index contributed by atoms with van der Waals surface area (Å²) in [5.74, 6) is -4.26. The van der Waals surface area contributed by atoms with Crippen LogP contribution in [0, 0.1) is 0 Å². The van der Waals surface area contributed by atoms with E-state index in [2.05, 4.69) is 5.32 Å². The number of carboxylic acids is 4. The molecule has 5 N–H and O–H groups in total. The summed E-state index contributed by atoms with van der Waals surface area (Å²) in [5, 5.41) is 42.3. The van der Waals surface area contributed by atoms with E-state index in [4.69, 9.17) is 15.0 Å². The molecule has 0 atom stereocenters.